The quantitative estimate of drug-likeness (QED) is 0.504. The summed E-state index contributed by atoms with van der Waals surface area (Å²) in [6.07, 6.45) is -4.78. The van der Waals surface area contributed by atoms with Gasteiger partial charge < -0.3 is 5.32 Å². The second-order valence-electron chi connectivity index (χ2n) is 5.73. The molecule has 0 unspecified atom stereocenters. The number of hydrogen-bond donors (Lipinski definition) is 1. The second-order valence-corrected chi connectivity index (χ2v) is 6.11. The maximum Gasteiger partial charge on any atom is 0.433 e. The van der Waals surface area contributed by atoms with Crippen LogP contribution in [0.15, 0.2) is 24.3 Å². The minimum absolute atomic E-state index is 0.0146. The third-order valence-corrected chi connectivity index (χ3v) is 4.10. The van der Waals surface area contributed by atoms with E-state index >= 15 is 0 Å². The number of nitro benzene ring substituents is 1. The molecule has 2 aromatic heterocycles. The number of carbonyl (C=O) groups is 1. The van der Waals surface area contributed by atoms with Crippen LogP contribution in [0.2, 0.25) is 5.02 Å². The predicted molar refractivity (Wildman–Crippen MR) is 93.5 cm³/mol. The van der Waals surface area contributed by atoms with Crippen molar-refractivity contribution < 1.29 is 22.9 Å². The van der Waals surface area contributed by atoms with Crippen molar-refractivity contribution in [1.29, 1.82) is 5.26 Å². The number of amides is 1. The van der Waals surface area contributed by atoms with Gasteiger partial charge in [-0.25, -0.2) is 9.50 Å². The summed E-state index contributed by atoms with van der Waals surface area (Å²) in [4.78, 5) is 26.5. The Labute approximate surface area is 164 Å². The Bertz CT molecular complexity index is 1220. The molecular formula is C16H8ClF3N6O3. The van der Waals surface area contributed by atoms with Crippen LogP contribution in [-0.4, -0.2) is 25.4 Å². The minimum Gasteiger partial charge on any atom is -0.319 e. The highest BCUT2D eigenvalue weighted by Gasteiger charge is 2.36. The molecule has 3 rings (SSSR count). The molecule has 0 atom stereocenters. The lowest BCUT2D eigenvalue weighted by Crippen LogP contribution is -2.16. The maximum atomic E-state index is 13.3. The molecule has 29 heavy (non-hydrogen) atoms. The summed E-state index contributed by atoms with van der Waals surface area (Å²) < 4.78 is 40.2. The average Bonchev–Trinajstić information content (AvgIpc) is 2.97. The summed E-state index contributed by atoms with van der Waals surface area (Å²) in [6.45, 7) is 1.33. The highest BCUT2D eigenvalue weighted by molar-refractivity contribution is 6.37. The Morgan fingerprint density at radius 2 is 2.07 bits per heavy atom. The first-order valence-electron chi connectivity index (χ1n) is 7.66. The Kier molecular flexibility index (Phi) is 4.85. The van der Waals surface area contributed by atoms with Gasteiger partial charge in [0.15, 0.2) is 11.3 Å². The van der Waals surface area contributed by atoms with Gasteiger partial charge in [-0.3, -0.25) is 14.9 Å². The van der Waals surface area contributed by atoms with Crippen molar-refractivity contribution in [2.45, 2.75) is 13.1 Å². The summed E-state index contributed by atoms with van der Waals surface area (Å²) in [5.74, 6) is -1.02. The Balaban J connectivity index is 2.06. The molecule has 1 aromatic carbocycles. The number of aryl methyl sites for hydroxylation is 1. The number of carbonyl (C=O) groups excluding carboxylic acids is 1. The second kappa shape index (κ2) is 7.02. The number of non-ortho nitro benzene ring substituents is 1. The SMILES string of the molecule is Cc1cc(C(F)(F)F)n2nc(C(=O)Nc3ccc([N+](=O)[O-])cc3C#N)c(Cl)c2n1. The fourth-order valence-electron chi connectivity index (χ4n) is 2.49. The lowest BCUT2D eigenvalue weighted by Gasteiger charge is -2.09. The van der Waals surface area contributed by atoms with Gasteiger partial charge in [-0.2, -0.15) is 23.5 Å². The van der Waals surface area contributed by atoms with Crippen LogP contribution >= 0.6 is 11.6 Å². The van der Waals surface area contributed by atoms with Crippen LogP contribution in [-0.2, 0) is 6.18 Å². The third kappa shape index (κ3) is 3.67. The Hall–Kier alpha value is -3.72. The van der Waals surface area contributed by atoms with E-state index in [1.807, 2.05) is 0 Å². The topological polar surface area (TPSA) is 126 Å². The highest BCUT2D eigenvalue weighted by Crippen LogP contribution is 2.32. The van der Waals surface area contributed by atoms with E-state index in [0.717, 1.165) is 24.3 Å². The van der Waals surface area contributed by atoms with Crippen LogP contribution in [0.1, 0.15) is 27.4 Å². The molecule has 13 heteroatoms. The van der Waals surface area contributed by atoms with Gasteiger partial charge in [0, 0.05) is 17.8 Å². The van der Waals surface area contributed by atoms with Crippen molar-refractivity contribution in [1.82, 2.24) is 14.6 Å². The number of hydrogen-bond acceptors (Lipinski definition) is 6. The van der Waals surface area contributed by atoms with E-state index < -0.39 is 33.4 Å². The fraction of sp³-hybridized carbons (Fsp3) is 0.125. The van der Waals surface area contributed by atoms with Crippen LogP contribution in [0.25, 0.3) is 5.65 Å². The van der Waals surface area contributed by atoms with E-state index in [4.69, 9.17) is 16.9 Å². The molecule has 0 saturated carbocycles. The van der Waals surface area contributed by atoms with Crippen molar-refractivity contribution in [2.75, 3.05) is 5.32 Å². The largest absolute Gasteiger partial charge is 0.433 e. The highest BCUT2D eigenvalue weighted by atomic mass is 35.5. The number of anilines is 1. The van der Waals surface area contributed by atoms with Crippen molar-refractivity contribution >= 4 is 34.5 Å². The lowest BCUT2D eigenvalue weighted by molar-refractivity contribution is -0.384. The third-order valence-electron chi connectivity index (χ3n) is 3.75. The molecule has 9 nitrogen and oxygen atoms in total. The summed E-state index contributed by atoms with van der Waals surface area (Å²) in [6, 6.07) is 5.54. The minimum atomic E-state index is -4.78. The van der Waals surface area contributed by atoms with Gasteiger partial charge in [0.25, 0.3) is 11.6 Å². The molecule has 1 amide bonds. The zero-order valence-electron chi connectivity index (χ0n) is 14.3. The fourth-order valence-corrected chi connectivity index (χ4v) is 2.73. The van der Waals surface area contributed by atoms with Gasteiger partial charge in [0.05, 0.1) is 16.2 Å². The molecule has 0 fully saturated rings. The van der Waals surface area contributed by atoms with Crippen LogP contribution < -0.4 is 5.32 Å². The lowest BCUT2D eigenvalue weighted by atomic mass is 10.1. The molecule has 0 radical (unpaired) electrons. The first-order valence-corrected chi connectivity index (χ1v) is 8.03. The van der Waals surface area contributed by atoms with Crippen molar-refractivity contribution in [3.05, 3.63) is 62.0 Å². The first-order chi connectivity index (χ1) is 13.5. The molecule has 0 saturated heterocycles. The Morgan fingerprint density at radius 3 is 2.66 bits per heavy atom. The van der Waals surface area contributed by atoms with E-state index in [1.54, 1.807) is 6.07 Å². The van der Waals surface area contributed by atoms with Gasteiger partial charge in [-0.05, 0) is 19.1 Å². The monoisotopic (exact) mass is 424 g/mol. The number of nitrogens with zero attached hydrogens (tertiary/aromatic N) is 5. The number of nitriles is 1. The number of nitro groups is 1. The molecule has 0 aliphatic heterocycles. The zero-order valence-corrected chi connectivity index (χ0v) is 15.0. The molecule has 0 aliphatic carbocycles. The molecular weight excluding hydrogens is 417 g/mol. The number of nitrogens with one attached hydrogen (secondary N) is 1. The molecule has 0 bridgehead atoms. The number of aromatic nitrogens is 3. The normalized spacial score (nSPS) is 11.3. The van der Waals surface area contributed by atoms with E-state index in [0.29, 0.717) is 4.52 Å². The number of fused-ring (bicyclic) bond motifs is 1. The molecule has 2 heterocycles. The standard InChI is InChI=1S/C16H8ClF3N6O3/c1-7-4-11(16(18,19)20)25-14(22-7)12(17)13(24-25)15(27)23-10-3-2-9(26(28)29)5-8(10)6-21/h2-5H,1H3,(H,23,27). The Morgan fingerprint density at radius 1 is 1.38 bits per heavy atom. The van der Waals surface area contributed by atoms with Crippen molar-refractivity contribution in [2.24, 2.45) is 0 Å². The number of halogens is 4. The number of rotatable bonds is 3. The van der Waals surface area contributed by atoms with Gasteiger partial charge >= 0.3 is 6.18 Å². The van der Waals surface area contributed by atoms with E-state index in [1.165, 1.54) is 6.92 Å². The van der Waals surface area contributed by atoms with Crippen molar-refractivity contribution in [3.8, 4) is 6.07 Å². The summed E-state index contributed by atoms with van der Waals surface area (Å²) >= 11 is 6.02. The van der Waals surface area contributed by atoms with Crippen molar-refractivity contribution in [3.63, 3.8) is 0 Å². The number of benzene rings is 1. The van der Waals surface area contributed by atoms with Crippen LogP contribution in [0.3, 0.4) is 0 Å². The zero-order chi connectivity index (χ0) is 21.5. The molecule has 3 aromatic rings. The maximum absolute atomic E-state index is 13.3. The van der Waals surface area contributed by atoms with Crippen LogP contribution in [0.5, 0.6) is 0 Å². The first kappa shape index (κ1) is 20.0. The van der Waals surface area contributed by atoms with Gasteiger partial charge in [0.1, 0.15) is 16.8 Å². The van der Waals surface area contributed by atoms with E-state index in [9.17, 15) is 28.1 Å². The van der Waals surface area contributed by atoms with Gasteiger partial charge in [-0.15, -0.1) is 0 Å². The van der Waals surface area contributed by atoms with Gasteiger partial charge in [-0.1, -0.05) is 11.6 Å². The van der Waals surface area contributed by atoms with E-state index in [2.05, 4.69) is 15.4 Å². The summed E-state index contributed by atoms with van der Waals surface area (Å²) in [7, 11) is 0. The van der Waals surface area contributed by atoms with Gasteiger partial charge in [0.2, 0.25) is 0 Å². The molecule has 148 valence electrons. The molecule has 0 spiro atoms. The summed E-state index contributed by atoms with van der Waals surface area (Å²) in [5, 5.41) is 25.4. The van der Waals surface area contributed by atoms with Crippen LogP contribution in [0, 0.1) is 28.4 Å². The molecule has 1 N–H and O–H groups in total. The summed E-state index contributed by atoms with van der Waals surface area (Å²) in [5.41, 5.74) is -2.78. The average molecular weight is 425 g/mol. The predicted octanol–water partition coefficient (Wildman–Crippen LogP) is 3.74. The van der Waals surface area contributed by atoms with E-state index in [-0.39, 0.29) is 28.3 Å². The number of alkyl halides is 3. The van der Waals surface area contributed by atoms with Crippen LogP contribution in [0.4, 0.5) is 24.5 Å². The molecule has 0 aliphatic rings. The smallest absolute Gasteiger partial charge is 0.319 e.